The predicted molar refractivity (Wildman–Crippen MR) is 76.4 cm³/mol. The SMILES string of the molecule is Cc1ccc(NC(=S)NC(C)(C)CO)c(C)c1. The number of rotatable bonds is 3. The largest absolute Gasteiger partial charge is 0.394 e. The number of aryl methyl sites for hydroxylation is 2. The highest BCUT2D eigenvalue weighted by atomic mass is 32.1. The Hall–Kier alpha value is -1.13. The number of thiocarbonyl (C=S) groups is 1. The van der Waals surface area contributed by atoms with Gasteiger partial charge in [-0.3, -0.25) is 0 Å². The lowest BCUT2D eigenvalue weighted by Crippen LogP contribution is -2.48. The minimum absolute atomic E-state index is 0.0295. The number of anilines is 1. The Labute approximate surface area is 108 Å². The minimum Gasteiger partial charge on any atom is -0.394 e. The molecule has 0 radical (unpaired) electrons. The molecule has 0 amide bonds. The maximum Gasteiger partial charge on any atom is 0.171 e. The van der Waals surface area contributed by atoms with Gasteiger partial charge in [0.15, 0.2) is 5.11 Å². The molecule has 0 spiro atoms. The molecule has 0 aliphatic rings. The first-order valence-corrected chi connectivity index (χ1v) is 6.02. The van der Waals surface area contributed by atoms with Crippen molar-refractivity contribution in [2.45, 2.75) is 33.2 Å². The maximum absolute atomic E-state index is 9.15. The van der Waals surface area contributed by atoms with Crippen LogP contribution in [0.2, 0.25) is 0 Å². The van der Waals surface area contributed by atoms with E-state index in [1.165, 1.54) is 5.56 Å². The fourth-order valence-electron chi connectivity index (χ4n) is 1.45. The van der Waals surface area contributed by atoms with Gasteiger partial charge in [0.25, 0.3) is 0 Å². The van der Waals surface area contributed by atoms with E-state index in [-0.39, 0.29) is 6.61 Å². The van der Waals surface area contributed by atoms with Crippen LogP contribution in [0.4, 0.5) is 5.69 Å². The zero-order valence-corrected chi connectivity index (χ0v) is 11.6. The fraction of sp³-hybridized carbons (Fsp3) is 0.462. The molecule has 1 aromatic rings. The number of hydrogen-bond donors (Lipinski definition) is 3. The average Bonchev–Trinajstić information content (AvgIpc) is 2.21. The number of aliphatic hydroxyl groups is 1. The first-order chi connectivity index (χ1) is 7.84. The second-order valence-electron chi connectivity index (χ2n) is 4.94. The number of hydrogen-bond acceptors (Lipinski definition) is 2. The molecule has 0 saturated carbocycles. The van der Waals surface area contributed by atoms with Crippen molar-refractivity contribution in [3.8, 4) is 0 Å². The third-order valence-corrected chi connectivity index (χ3v) is 2.68. The summed E-state index contributed by atoms with van der Waals surface area (Å²) >= 11 is 5.21. The minimum atomic E-state index is -0.414. The molecule has 1 aromatic carbocycles. The van der Waals surface area contributed by atoms with Gasteiger partial charge in [-0.2, -0.15) is 0 Å². The zero-order valence-electron chi connectivity index (χ0n) is 10.8. The monoisotopic (exact) mass is 252 g/mol. The summed E-state index contributed by atoms with van der Waals surface area (Å²) in [6, 6.07) is 6.14. The lowest BCUT2D eigenvalue weighted by molar-refractivity contribution is 0.207. The summed E-state index contributed by atoms with van der Waals surface area (Å²) in [6.07, 6.45) is 0. The second-order valence-corrected chi connectivity index (χ2v) is 5.35. The lowest BCUT2D eigenvalue weighted by Gasteiger charge is -2.25. The molecule has 3 nitrogen and oxygen atoms in total. The van der Waals surface area contributed by atoms with Gasteiger partial charge < -0.3 is 15.7 Å². The van der Waals surface area contributed by atoms with Crippen molar-refractivity contribution in [3.63, 3.8) is 0 Å². The summed E-state index contributed by atoms with van der Waals surface area (Å²) in [5, 5.41) is 15.9. The highest BCUT2D eigenvalue weighted by Crippen LogP contribution is 2.16. The average molecular weight is 252 g/mol. The molecule has 0 unspecified atom stereocenters. The van der Waals surface area contributed by atoms with Crippen molar-refractivity contribution >= 4 is 23.0 Å². The summed E-state index contributed by atoms with van der Waals surface area (Å²) in [4.78, 5) is 0. The number of benzene rings is 1. The van der Waals surface area contributed by atoms with Crippen LogP contribution in [0.25, 0.3) is 0 Å². The van der Waals surface area contributed by atoms with Crippen molar-refractivity contribution in [3.05, 3.63) is 29.3 Å². The van der Waals surface area contributed by atoms with Crippen LogP contribution >= 0.6 is 12.2 Å². The molecule has 1 rings (SSSR count). The van der Waals surface area contributed by atoms with E-state index in [9.17, 15) is 0 Å². The second kappa shape index (κ2) is 5.47. The Morgan fingerprint density at radius 1 is 1.35 bits per heavy atom. The van der Waals surface area contributed by atoms with E-state index in [4.69, 9.17) is 17.3 Å². The van der Waals surface area contributed by atoms with E-state index in [1.54, 1.807) is 0 Å². The molecule has 0 fully saturated rings. The lowest BCUT2D eigenvalue weighted by atomic mass is 10.1. The number of nitrogens with one attached hydrogen (secondary N) is 2. The number of aliphatic hydroxyl groups excluding tert-OH is 1. The topological polar surface area (TPSA) is 44.3 Å². The fourth-order valence-corrected chi connectivity index (χ4v) is 1.84. The molecule has 0 bridgehead atoms. The van der Waals surface area contributed by atoms with Crippen LogP contribution < -0.4 is 10.6 Å². The van der Waals surface area contributed by atoms with Crippen LogP contribution in [-0.2, 0) is 0 Å². The van der Waals surface area contributed by atoms with Crippen LogP contribution in [0.5, 0.6) is 0 Å². The van der Waals surface area contributed by atoms with Crippen molar-refractivity contribution in [2.75, 3.05) is 11.9 Å². The molecular formula is C13H20N2OS. The molecule has 0 saturated heterocycles. The Kier molecular flexibility index (Phi) is 4.48. The van der Waals surface area contributed by atoms with Crippen molar-refractivity contribution in [1.82, 2.24) is 5.32 Å². The van der Waals surface area contributed by atoms with Crippen molar-refractivity contribution < 1.29 is 5.11 Å². The Morgan fingerprint density at radius 2 is 2.00 bits per heavy atom. The van der Waals surface area contributed by atoms with Gasteiger partial charge in [0.05, 0.1) is 12.1 Å². The smallest absolute Gasteiger partial charge is 0.171 e. The van der Waals surface area contributed by atoms with Crippen LogP contribution in [0.1, 0.15) is 25.0 Å². The van der Waals surface area contributed by atoms with Gasteiger partial charge in [0.1, 0.15) is 0 Å². The standard InChI is InChI=1S/C13H20N2OS/c1-9-5-6-11(10(2)7-9)14-12(17)15-13(3,4)8-16/h5-7,16H,8H2,1-4H3,(H2,14,15,17). The van der Waals surface area contributed by atoms with Gasteiger partial charge in [-0.15, -0.1) is 0 Å². The summed E-state index contributed by atoms with van der Waals surface area (Å²) in [5.74, 6) is 0. The van der Waals surface area contributed by atoms with E-state index in [0.717, 1.165) is 11.3 Å². The molecule has 0 atom stereocenters. The third kappa shape index (κ3) is 4.32. The predicted octanol–water partition coefficient (Wildman–Crippen LogP) is 2.36. The van der Waals surface area contributed by atoms with Gasteiger partial charge >= 0.3 is 0 Å². The Balaban J connectivity index is 2.69. The van der Waals surface area contributed by atoms with Crippen LogP contribution in [0.3, 0.4) is 0 Å². The van der Waals surface area contributed by atoms with E-state index in [0.29, 0.717) is 5.11 Å². The molecule has 0 heterocycles. The van der Waals surface area contributed by atoms with Gasteiger partial charge in [-0.1, -0.05) is 17.7 Å². The molecule has 4 heteroatoms. The molecule has 17 heavy (non-hydrogen) atoms. The first-order valence-electron chi connectivity index (χ1n) is 5.61. The molecule has 0 aromatic heterocycles. The van der Waals surface area contributed by atoms with E-state index < -0.39 is 5.54 Å². The van der Waals surface area contributed by atoms with Crippen LogP contribution in [0, 0.1) is 13.8 Å². The van der Waals surface area contributed by atoms with Crippen LogP contribution in [0.15, 0.2) is 18.2 Å². The highest BCUT2D eigenvalue weighted by Gasteiger charge is 2.17. The van der Waals surface area contributed by atoms with E-state index >= 15 is 0 Å². The van der Waals surface area contributed by atoms with Crippen LogP contribution in [-0.4, -0.2) is 22.4 Å². The van der Waals surface area contributed by atoms with E-state index in [2.05, 4.69) is 23.6 Å². The molecule has 0 aliphatic carbocycles. The molecular weight excluding hydrogens is 232 g/mol. The summed E-state index contributed by atoms with van der Waals surface area (Å²) in [7, 11) is 0. The van der Waals surface area contributed by atoms with Gasteiger partial charge in [0.2, 0.25) is 0 Å². The van der Waals surface area contributed by atoms with E-state index in [1.807, 2.05) is 32.9 Å². The maximum atomic E-state index is 9.15. The molecule has 0 aliphatic heterocycles. The molecule has 94 valence electrons. The third-order valence-electron chi connectivity index (χ3n) is 2.48. The summed E-state index contributed by atoms with van der Waals surface area (Å²) in [6.45, 7) is 7.91. The molecule has 3 N–H and O–H groups in total. The Morgan fingerprint density at radius 3 is 2.53 bits per heavy atom. The van der Waals surface area contributed by atoms with Gasteiger partial charge in [0, 0.05) is 5.69 Å². The van der Waals surface area contributed by atoms with Crippen molar-refractivity contribution in [1.29, 1.82) is 0 Å². The summed E-state index contributed by atoms with van der Waals surface area (Å²) in [5.41, 5.74) is 2.95. The Bertz CT molecular complexity index is 416. The quantitative estimate of drug-likeness (QED) is 0.723. The van der Waals surface area contributed by atoms with Gasteiger partial charge in [-0.05, 0) is 51.5 Å². The highest BCUT2D eigenvalue weighted by molar-refractivity contribution is 7.80. The van der Waals surface area contributed by atoms with Crippen molar-refractivity contribution in [2.24, 2.45) is 0 Å². The summed E-state index contributed by atoms with van der Waals surface area (Å²) < 4.78 is 0. The van der Waals surface area contributed by atoms with Gasteiger partial charge in [-0.25, -0.2) is 0 Å². The normalized spacial score (nSPS) is 11.1. The zero-order chi connectivity index (χ0) is 13.1. The first kappa shape index (κ1) is 13.9.